The van der Waals surface area contributed by atoms with Crippen molar-refractivity contribution in [3.63, 3.8) is 0 Å². The molecule has 0 aliphatic carbocycles. The number of benzene rings is 1. The number of alkyl halides is 3. The van der Waals surface area contributed by atoms with Crippen molar-refractivity contribution in [3.8, 4) is 0 Å². The van der Waals surface area contributed by atoms with E-state index in [-0.39, 0.29) is 11.6 Å². The van der Waals surface area contributed by atoms with Gasteiger partial charge < -0.3 is 14.8 Å². The highest BCUT2D eigenvalue weighted by atomic mass is 32.2. The van der Waals surface area contributed by atoms with Crippen LogP contribution >= 0.6 is 0 Å². The quantitative estimate of drug-likeness (QED) is 0.789. The van der Waals surface area contributed by atoms with E-state index in [1.54, 1.807) is 0 Å². The predicted octanol–water partition coefficient (Wildman–Crippen LogP) is 2.55. The number of sulfonamides is 1. The van der Waals surface area contributed by atoms with Crippen molar-refractivity contribution < 1.29 is 31.1 Å². The van der Waals surface area contributed by atoms with Gasteiger partial charge >= 0.3 is 6.18 Å². The summed E-state index contributed by atoms with van der Waals surface area (Å²) in [7, 11) is -4.47. The zero-order valence-electron chi connectivity index (χ0n) is 13.9. The molecule has 1 aromatic carbocycles. The zero-order valence-corrected chi connectivity index (χ0v) is 14.7. The second kappa shape index (κ2) is 7.10. The SMILES string of the molecule is CC(CNc1ccc(S(N)(=O)=O)c(C(F)(F)F)c1)CC1(C)OCCO1. The third kappa shape index (κ3) is 5.30. The van der Waals surface area contributed by atoms with Gasteiger partial charge in [0.1, 0.15) is 0 Å². The van der Waals surface area contributed by atoms with E-state index in [0.717, 1.165) is 12.1 Å². The minimum atomic E-state index is -4.83. The summed E-state index contributed by atoms with van der Waals surface area (Å²) in [6.07, 6.45) is -4.26. The maximum atomic E-state index is 13.1. The average molecular weight is 382 g/mol. The molecule has 1 aliphatic rings. The molecule has 0 aromatic heterocycles. The van der Waals surface area contributed by atoms with Crippen molar-refractivity contribution in [2.75, 3.05) is 25.1 Å². The lowest BCUT2D eigenvalue weighted by Gasteiger charge is -2.26. The van der Waals surface area contributed by atoms with E-state index in [1.807, 2.05) is 13.8 Å². The van der Waals surface area contributed by atoms with Crippen LogP contribution in [0.4, 0.5) is 18.9 Å². The van der Waals surface area contributed by atoms with Crippen molar-refractivity contribution in [1.29, 1.82) is 0 Å². The van der Waals surface area contributed by atoms with Gasteiger partial charge in [0, 0.05) is 18.7 Å². The summed E-state index contributed by atoms with van der Waals surface area (Å²) in [5.41, 5.74) is -1.13. The van der Waals surface area contributed by atoms with Crippen LogP contribution in [0.2, 0.25) is 0 Å². The van der Waals surface area contributed by atoms with Gasteiger partial charge in [-0.3, -0.25) is 0 Å². The van der Waals surface area contributed by atoms with E-state index in [0.29, 0.717) is 26.2 Å². The first-order valence-electron chi connectivity index (χ1n) is 7.66. The third-order valence-corrected chi connectivity index (χ3v) is 4.83. The Bertz CT molecular complexity index is 716. The Morgan fingerprint density at radius 2 is 1.92 bits per heavy atom. The molecule has 1 aliphatic heterocycles. The normalized spacial score (nSPS) is 19.0. The number of rotatable bonds is 6. The van der Waals surface area contributed by atoms with Gasteiger partial charge in [0.25, 0.3) is 0 Å². The molecule has 25 heavy (non-hydrogen) atoms. The Labute approximate surface area is 144 Å². The van der Waals surface area contributed by atoms with Crippen molar-refractivity contribution in [3.05, 3.63) is 23.8 Å². The maximum Gasteiger partial charge on any atom is 0.417 e. The van der Waals surface area contributed by atoms with Gasteiger partial charge in [-0.1, -0.05) is 6.92 Å². The van der Waals surface area contributed by atoms with E-state index >= 15 is 0 Å². The first-order chi connectivity index (χ1) is 11.4. The first kappa shape index (κ1) is 20.0. The number of ether oxygens (including phenoxy) is 2. The van der Waals surface area contributed by atoms with Gasteiger partial charge in [0.2, 0.25) is 10.0 Å². The lowest BCUT2D eigenvalue weighted by Crippen LogP contribution is -2.30. The Morgan fingerprint density at radius 1 is 1.32 bits per heavy atom. The number of hydrogen-bond donors (Lipinski definition) is 2. The van der Waals surface area contributed by atoms with Crippen LogP contribution in [0.5, 0.6) is 0 Å². The Kier molecular flexibility index (Phi) is 5.67. The molecule has 2 rings (SSSR count). The number of anilines is 1. The zero-order chi connectivity index (χ0) is 18.9. The number of nitrogens with two attached hydrogens (primary N) is 1. The maximum absolute atomic E-state index is 13.1. The number of hydrogen-bond acceptors (Lipinski definition) is 5. The van der Waals surface area contributed by atoms with Crippen molar-refractivity contribution in [1.82, 2.24) is 0 Å². The lowest BCUT2D eigenvalue weighted by atomic mass is 10.0. The predicted molar refractivity (Wildman–Crippen MR) is 85.4 cm³/mol. The fourth-order valence-electron chi connectivity index (χ4n) is 2.78. The van der Waals surface area contributed by atoms with Crippen molar-refractivity contribution >= 4 is 15.7 Å². The largest absolute Gasteiger partial charge is 0.417 e. The van der Waals surface area contributed by atoms with E-state index in [9.17, 15) is 21.6 Å². The molecular formula is C15H21F3N2O4S. The highest BCUT2D eigenvalue weighted by Crippen LogP contribution is 2.35. The van der Waals surface area contributed by atoms with Crippen LogP contribution in [0.25, 0.3) is 0 Å². The van der Waals surface area contributed by atoms with Crippen molar-refractivity contribution in [2.45, 2.75) is 37.1 Å². The van der Waals surface area contributed by atoms with Crippen LogP contribution < -0.4 is 10.5 Å². The molecule has 1 aromatic rings. The monoisotopic (exact) mass is 382 g/mol. The molecule has 1 fully saturated rings. The van der Waals surface area contributed by atoms with Crippen LogP contribution in [-0.4, -0.2) is 34.0 Å². The van der Waals surface area contributed by atoms with Crippen LogP contribution in [0.1, 0.15) is 25.8 Å². The molecule has 1 saturated heterocycles. The van der Waals surface area contributed by atoms with Gasteiger partial charge in [-0.2, -0.15) is 13.2 Å². The van der Waals surface area contributed by atoms with Gasteiger partial charge in [-0.25, -0.2) is 13.6 Å². The number of primary sulfonamides is 1. The van der Waals surface area contributed by atoms with Gasteiger partial charge in [0.05, 0.1) is 23.7 Å². The fourth-order valence-corrected chi connectivity index (χ4v) is 3.52. The first-order valence-corrected chi connectivity index (χ1v) is 9.21. The van der Waals surface area contributed by atoms with Gasteiger partial charge in [-0.15, -0.1) is 0 Å². The Hall–Kier alpha value is -1.36. The number of nitrogens with one attached hydrogen (secondary N) is 1. The summed E-state index contributed by atoms with van der Waals surface area (Å²) in [6, 6.07) is 2.86. The van der Waals surface area contributed by atoms with Crippen molar-refractivity contribution in [2.24, 2.45) is 11.1 Å². The Morgan fingerprint density at radius 3 is 2.44 bits per heavy atom. The van der Waals surface area contributed by atoms with Crippen LogP contribution in [0, 0.1) is 5.92 Å². The van der Waals surface area contributed by atoms with Crippen LogP contribution in [0.3, 0.4) is 0 Å². The molecule has 0 radical (unpaired) electrons. The molecule has 1 atom stereocenters. The third-order valence-electron chi connectivity index (χ3n) is 3.86. The molecule has 3 N–H and O–H groups in total. The van der Waals surface area contributed by atoms with E-state index in [1.165, 1.54) is 6.07 Å². The second-order valence-corrected chi connectivity index (χ2v) is 7.80. The highest BCUT2D eigenvalue weighted by molar-refractivity contribution is 7.89. The molecule has 6 nitrogen and oxygen atoms in total. The Balaban J connectivity index is 2.10. The topological polar surface area (TPSA) is 90.7 Å². The fraction of sp³-hybridized carbons (Fsp3) is 0.600. The molecule has 1 heterocycles. The molecule has 0 spiro atoms. The molecule has 142 valence electrons. The van der Waals surface area contributed by atoms with E-state index < -0.39 is 32.4 Å². The molecular weight excluding hydrogens is 361 g/mol. The molecule has 0 amide bonds. The minimum absolute atomic E-state index is 0.0513. The summed E-state index contributed by atoms with van der Waals surface area (Å²) < 4.78 is 73.0. The van der Waals surface area contributed by atoms with Gasteiger partial charge in [0.15, 0.2) is 5.79 Å². The minimum Gasteiger partial charge on any atom is -0.385 e. The van der Waals surface area contributed by atoms with Gasteiger partial charge in [-0.05, 0) is 31.0 Å². The highest BCUT2D eigenvalue weighted by Gasteiger charge is 2.37. The number of halogens is 3. The van der Waals surface area contributed by atoms with E-state index in [2.05, 4.69) is 5.32 Å². The summed E-state index contributed by atoms with van der Waals surface area (Å²) in [5, 5.41) is 7.74. The van der Waals surface area contributed by atoms with Crippen LogP contribution in [-0.2, 0) is 25.7 Å². The standard InChI is InChI=1S/C15H21F3N2O4S/c1-10(8-14(2)23-5-6-24-14)9-20-11-3-4-13(25(19,21)22)12(7-11)15(16,17)18/h3-4,7,10,20H,5-6,8-9H2,1-2H3,(H2,19,21,22). The molecule has 0 bridgehead atoms. The molecule has 1 unspecified atom stereocenters. The lowest BCUT2D eigenvalue weighted by molar-refractivity contribution is -0.153. The molecule has 10 heteroatoms. The summed E-state index contributed by atoms with van der Waals surface area (Å²) in [4.78, 5) is -0.945. The van der Waals surface area contributed by atoms with E-state index in [4.69, 9.17) is 14.6 Å². The summed E-state index contributed by atoms with van der Waals surface area (Å²) >= 11 is 0. The average Bonchev–Trinajstić information content (AvgIpc) is 2.89. The summed E-state index contributed by atoms with van der Waals surface area (Å²) in [6.45, 7) is 5.13. The molecule has 0 saturated carbocycles. The summed E-state index contributed by atoms with van der Waals surface area (Å²) in [5.74, 6) is -0.634. The van der Waals surface area contributed by atoms with Crippen LogP contribution in [0.15, 0.2) is 23.1 Å². The smallest absolute Gasteiger partial charge is 0.385 e. The second-order valence-electron chi connectivity index (χ2n) is 6.27.